The standard InChI is InChI=1S/C12H21NO5/c1-4-15-9(14)6-16-8-5-7(13)10-11(8)18-12(2,3)17-10/h7-8,10-11H,4-6,13H2,1-3H3/t7?,8?,10-,11+/m0/s1. The van der Waals surface area contributed by atoms with Crippen LogP contribution in [0.25, 0.3) is 0 Å². The SMILES string of the molecule is CCOC(=O)COC1CC(N)[C@@H]2OC(C)(C)O[C@H]12. The Morgan fingerprint density at radius 3 is 2.72 bits per heavy atom. The number of carbonyl (C=O) groups is 1. The number of fused-ring (bicyclic) bond motifs is 1. The highest BCUT2D eigenvalue weighted by molar-refractivity contribution is 5.70. The Balaban J connectivity index is 1.89. The van der Waals surface area contributed by atoms with E-state index in [9.17, 15) is 4.79 Å². The Morgan fingerprint density at radius 2 is 2.06 bits per heavy atom. The Kier molecular flexibility index (Phi) is 3.91. The molecule has 2 fully saturated rings. The molecule has 4 atom stereocenters. The van der Waals surface area contributed by atoms with Gasteiger partial charge >= 0.3 is 5.97 Å². The number of ether oxygens (including phenoxy) is 4. The molecule has 0 amide bonds. The monoisotopic (exact) mass is 259 g/mol. The number of esters is 1. The summed E-state index contributed by atoms with van der Waals surface area (Å²) in [6.45, 7) is 5.74. The summed E-state index contributed by atoms with van der Waals surface area (Å²) in [5.74, 6) is -1.01. The quantitative estimate of drug-likeness (QED) is 0.726. The van der Waals surface area contributed by atoms with Crippen molar-refractivity contribution in [3.8, 4) is 0 Å². The molecule has 0 bridgehead atoms. The van der Waals surface area contributed by atoms with E-state index in [2.05, 4.69) is 0 Å². The van der Waals surface area contributed by atoms with Gasteiger partial charge in [-0.15, -0.1) is 0 Å². The topological polar surface area (TPSA) is 80.0 Å². The lowest BCUT2D eigenvalue weighted by Gasteiger charge is -2.22. The molecule has 2 aliphatic rings. The predicted molar refractivity (Wildman–Crippen MR) is 62.8 cm³/mol. The summed E-state index contributed by atoms with van der Waals surface area (Å²) in [6, 6.07) is -0.121. The Hall–Kier alpha value is -0.690. The lowest BCUT2D eigenvalue weighted by atomic mass is 10.2. The van der Waals surface area contributed by atoms with E-state index >= 15 is 0 Å². The smallest absolute Gasteiger partial charge is 0.332 e. The minimum absolute atomic E-state index is 0.0712. The second-order valence-corrected chi connectivity index (χ2v) is 5.12. The summed E-state index contributed by atoms with van der Waals surface area (Å²) in [5, 5.41) is 0. The average Bonchev–Trinajstić information content (AvgIpc) is 2.72. The van der Waals surface area contributed by atoms with Crippen LogP contribution in [0.4, 0.5) is 0 Å². The molecular formula is C12H21NO5. The molecule has 0 spiro atoms. The summed E-state index contributed by atoms with van der Waals surface area (Å²) in [4.78, 5) is 11.3. The number of hydrogen-bond donors (Lipinski definition) is 1. The zero-order valence-electron chi connectivity index (χ0n) is 11.0. The van der Waals surface area contributed by atoms with Crippen molar-refractivity contribution in [1.82, 2.24) is 0 Å². The van der Waals surface area contributed by atoms with Gasteiger partial charge < -0.3 is 24.7 Å². The van der Waals surface area contributed by atoms with Gasteiger partial charge in [0.1, 0.15) is 18.8 Å². The third-order valence-electron chi connectivity index (χ3n) is 3.18. The molecule has 104 valence electrons. The molecule has 1 aliphatic carbocycles. The average molecular weight is 259 g/mol. The number of carbonyl (C=O) groups excluding carboxylic acids is 1. The molecule has 2 N–H and O–H groups in total. The van der Waals surface area contributed by atoms with Crippen LogP contribution in [0, 0.1) is 0 Å². The molecule has 6 heteroatoms. The van der Waals surface area contributed by atoms with Gasteiger partial charge in [-0.1, -0.05) is 0 Å². The first-order valence-electron chi connectivity index (χ1n) is 6.31. The molecule has 18 heavy (non-hydrogen) atoms. The number of nitrogens with two attached hydrogens (primary N) is 1. The van der Waals surface area contributed by atoms with Crippen molar-refractivity contribution in [1.29, 1.82) is 0 Å². The van der Waals surface area contributed by atoms with Crippen molar-refractivity contribution in [3.05, 3.63) is 0 Å². The van der Waals surface area contributed by atoms with Crippen LogP contribution in [-0.2, 0) is 23.7 Å². The second-order valence-electron chi connectivity index (χ2n) is 5.12. The van der Waals surface area contributed by atoms with E-state index in [0.717, 1.165) is 0 Å². The van der Waals surface area contributed by atoms with Gasteiger partial charge in [-0.25, -0.2) is 4.79 Å². The van der Waals surface area contributed by atoms with Crippen LogP contribution < -0.4 is 5.73 Å². The summed E-state index contributed by atoms with van der Waals surface area (Å²) >= 11 is 0. The van der Waals surface area contributed by atoms with Gasteiger partial charge in [0.15, 0.2) is 5.79 Å². The molecule has 1 saturated heterocycles. The molecule has 1 heterocycles. The van der Waals surface area contributed by atoms with Crippen molar-refractivity contribution in [2.45, 2.75) is 57.3 Å². The van der Waals surface area contributed by atoms with E-state index in [1.54, 1.807) is 6.92 Å². The maximum absolute atomic E-state index is 11.3. The Labute approximate surface area is 107 Å². The first-order valence-corrected chi connectivity index (χ1v) is 6.31. The minimum Gasteiger partial charge on any atom is -0.464 e. The highest BCUT2D eigenvalue weighted by Gasteiger charge is 2.53. The molecule has 1 aliphatic heterocycles. The number of hydrogen-bond acceptors (Lipinski definition) is 6. The van der Waals surface area contributed by atoms with Gasteiger partial charge in [0.05, 0.1) is 12.7 Å². The summed E-state index contributed by atoms with van der Waals surface area (Å²) in [6.07, 6.45) is 0.0537. The maximum atomic E-state index is 11.3. The van der Waals surface area contributed by atoms with E-state index < -0.39 is 5.79 Å². The second kappa shape index (κ2) is 5.13. The molecule has 2 rings (SSSR count). The first-order chi connectivity index (χ1) is 8.43. The fourth-order valence-corrected chi connectivity index (χ4v) is 2.51. The van der Waals surface area contributed by atoms with E-state index in [-0.39, 0.29) is 36.9 Å². The third kappa shape index (κ3) is 2.83. The van der Waals surface area contributed by atoms with Crippen LogP contribution in [0.5, 0.6) is 0 Å². The van der Waals surface area contributed by atoms with Crippen molar-refractivity contribution < 1.29 is 23.7 Å². The van der Waals surface area contributed by atoms with Crippen LogP contribution >= 0.6 is 0 Å². The van der Waals surface area contributed by atoms with Crippen LogP contribution in [0.15, 0.2) is 0 Å². The van der Waals surface area contributed by atoms with E-state index in [1.165, 1.54) is 0 Å². The Bertz CT molecular complexity index is 320. The molecule has 0 aromatic rings. The largest absolute Gasteiger partial charge is 0.464 e. The zero-order chi connectivity index (χ0) is 13.3. The normalized spacial score (nSPS) is 37.6. The van der Waals surface area contributed by atoms with Crippen LogP contribution in [0.2, 0.25) is 0 Å². The van der Waals surface area contributed by atoms with Gasteiger partial charge in [-0.05, 0) is 27.2 Å². The molecule has 0 radical (unpaired) electrons. The van der Waals surface area contributed by atoms with Crippen LogP contribution in [0.1, 0.15) is 27.2 Å². The molecule has 0 aromatic heterocycles. The molecular weight excluding hydrogens is 238 g/mol. The predicted octanol–water partition coefficient (Wildman–Crippen LogP) is 0.186. The van der Waals surface area contributed by atoms with Gasteiger partial charge in [0, 0.05) is 6.04 Å². The molecule has 0 aromatic carbocycles. The summed E-state index contributed by atoms with van der Waals surface area (Å²) in [7, 11) is 0. The van der Waals surface area contributed by atoms with Gasteiger partial charge in [-0.3, -0.25) is 0 Å². The summed E-state index contributed by atoms with van der Waals surface area (Å²) < 4.78 is 21.8. The van der Waals surface area contributed by atoms with Crippen molar-refractivity contribution in [2.75, 3.05) is 13.2 Å². The third-order valence-corrected chi connectivity index (χ3v) is 3.18. The highest BCUT2D eigenvalue weighted by atomic mass is 16.8. The van der Waals surface area contributed by atoms with Crippen molar-refractivity contribution in [3.63, 3.8) is 0 Å². The molecule has 2 unspecified atom stereocenters. The fourth-order valence-electron chi connectivity index (χ4n) is 2.51. The van der Waals surface area contributed by atoms with E-state index in [4.69, 9.17) is 24.7 Å². The van der Waals surface area contributed by atoms with Gasteiger partial charge in [-0.2, -0.15) is 0 Å². The van der Waals surface area contributed by atoms with Gasteiger partial charge in [0.25, 0.3) is 0 Å². The van der Waals surface area contributed by atoms with Crippen molar-refractivity contribution >= 4 is 5.97 Å². The Morgan fingerprint density at radius 1 is 1.39 bits per heavy atom. The maximum Gasteiger partial charge on any atom is 0.332 e. The minimum atomic E-state index is -0.640. The molecule has 6 nitrogen and oxygen atoms in total. The highest BCUT2D eigenvalue weighted by Crippen LogP contribution is 2.38. The fraction of sp³-hybridized carbons (Fsp3) is 0.917. The van der Waals surface area contributed by atoms with Gasteiger partial charge in [0.2, 0.25) is 0 Å². The lowest BCUT2D eigenvalue weighted by Crippen LogP contribution is -2.35. The van der Waals surface area contributed by atoms with Crippen molar-refractivity contribution in [2.24, 2.45) is 5.73 Å². The first kappa shape index (κ1) is 13.7. The lowest BCUT2D eigenvalue weighted by molar-refractivity contribution is -0.172. The summed E-state index contributed by atoms with van der Waals surface area (Å²) in [5.41, 5.74) is 6.00. The van der Waals surface area contributed by atoms with Crippen LogP contribution in [0.3, 0.4) is 0 Å². The van der Waals surface area contributed by atoms with Crippen LogP contribution in [-0.4, -0.2) is 49.3 Å². The zero-order valence-corrected chi connectivity index (χ0v) is 11.0. The number of rotatable bonds is 4. The molecule has 1 saturated carbocycles. The van der Waals surface area contributed by atoms with E-state index in [0.29, 0.717) is 13.0 Å². The van der Waals surface area contributed by atoms with E-state index in [1.807, 2.05) is 13.8 Å².